The van der Waals surface area contributed by atoms with Gasteiger partial charge in [0.1, 0.15) is 0 Å². The summed E-state index contributed by atoms with van der Waals surface area (Å²) in [5.41, 5.74) is 1.30. The van der Waals surface area contributed by atoms with Crippen LogP contribution in [0.2, 0.25) is 0 Å². The van der Waals surface area contributed by atoms with Gasteiger partial charge in [-0.1, -0.05) is 51.1 Å². The van der Waals surface area contributed by atoms with E-state index in [-0.39, 0.29) is 11.5 Å². The summed E-state index contributed by atoms with van der Waals surface area (Å²) in [6.45, 7) is 8.10. The fourth-order valence-corrected chi connectivity index (χ4v) is 1.75. The zero-order chi connectivity index (χ0) is 12.9. The molecule has 0 radical (unpaired) electrons. The molecule has 17 heavy (non-hydrogen) atoms. The van der Waals surface area contributed by atoms with Crippen molar-refractivity contribution in [2.75, 3.05) is 13.6 Å². The second kappa shape index (κ2) is 6.18. The van der Waals surface area contributed by atoms with Crippen LogP contribution in [0.3, 0.4) is 0 Å². The van der Waals surface area contributed by atoms with Crippen molar-refractivity contribution in [1.29, 1.82) is 0 Å². The molecule has 0 aliphatic rings. The molecule has 0 aromatic heterocycles. The largest absolute Gasteiger partial charge is 0.393 e. The minimum absolute atomic E-state index is 0.0203. The van der Waals surface area contributed by atoms with E-state index in [1.165, 1.54) is 5.56 Å². The van der Waals surface area contributed by atoms with Crippen molar-refractivity contribution in [2.45, 2.75) is 39.8 Å². The standard InChI is InChI=1S/C15H25NO/c1-15(2,3)14(17)10-11-16(4)12-13-8-6-5-7-9-13/h5-9,14,17H,10-12H2,1-4H3. The average Bonchev–Trinajstić information content (AvgIpc) is 2.26. The second-order valence-corrected chi connectivity index (χ2v) is 5.89. The Morgan fingerprint density at radius 1 is 1.18 bits per heavy atom. The van der Waals surface area contributed by atoms with Crippen molar-refractivity contribution >= 4 is 0 Å². The summed E-state index contributed by atoms with van der Waals surface area (Å²) in [6, 6.07) is 10.4. The predicted molar refractivity (Wildman–Crippen MR) is 72.9 cm³/mol. The summed E-state index contributed by atoms with van der Waals surface area (Å²) in [6.07, 6.45) is 0.591. The SMILES string of the molecule is CN(CCC(O)C(C)(C)C)Cc1ccccc1. The fourth-order valence-electron chi connectivity index (χ4n) is 1.75. The lowest BCUT2D eigenvalue weighted by molar-refractivity contribution is 0.0473. The van der Waals surface area contributed by atoms with Gasteiger partial charge < -0.3 is 10.0 Å². The minimum atomic E-state index is -0.235. The molecule has 0 aliphatic heterocycles. The lowest BCUT2D eigenvalue weighted by Gasteiger charge is -2.27. The van der Waals surface area contributed by atoms with Crippen molar-refractivity contribution in [2.24, 2.45) is 5.41 Å². The summed E-state index contributed by atoms with van der Waals surface area (Å²) < 4.78 is 0. The van der Waals surface area contributed by atoms with Crippen molar-refractivity contribution in [1.82, 2.24) is 4.90 Å². The quantitative estimate of drug-likeness (QED) is 0.848. The molecule has 0 spiro atoms. The van der Waals surface area contributed by atoms with Gasteiger partial charge in [-0.15, -0.1) is 0 Å². The number of hydrogen-bond donors (Lipinski definition) is 1. The van der Waals surface area contributed by atoms with Crippen molar-refractivity contribution in [3.8, 4) is 0 Å². The second-order valence-electron chi connectivity index (χ2n) is 5.89. The monoisotopic (exact) mass is 235 g/mol. The van der Waals surface area contributed by atoms with E-state index in [1.54, 1.807) is 0 Å². The van der Waals surface area contributed by atoms with Crippen LogP contribution < -0.4 is 0 Å². The van der Waals surface area contributed by atoms with Crippen molar-refractivity contribution < 1.29 is 5.11 Å². The summed E-state index contributed by atoms with van der Waals surface area (Å²) >= 11 is 0. The fraction of sp³-hybridized carbons (Fsp3) is 0.600. The summed E-state index contributed by atoms with van der Waals surface area (Å²) in [4.78, 5) is 2.25. The lowest BCUT2D eigenvalue weighted by atomic mass is 9.87. The Bertz CT molecular complexity index is 315. The normalized spacial score (nSPS) is 14.0. The maximum Gasteiger partial charge on any atom is 0.0600 e. The topological polar surface area (TPSA) is 23.5 Å². The number of aliphatic hydroxyl groups is 1. The van der Waals surface area contributed by atoms with Gasteiger partial charge in [0, 0.05) is 13.1 Å². The molecule has 2 heteroatoms. The molecule has 2 nitrogen and oxygen atoms in total. The molecule has 0 saturated carbocycles. The first-order valence-corrected chi connectivity index (χ1v) is 6.30. The first-order chi connectivity index (χ1) is 7.89. The van der Waals surface area contributed by atoms with Crippen molar-refractivity contribution in [3.05, 3.63) is 35.9 Å². The van der Waals surface area contributed by atoms with E-state index in [0.29, 0.717) is 0 Å². The van der Waals surface area contributed by atoms with Gasteiger partial charge in [-0.3, -0.25) is 0 Å². The van der Waals surface area contributed by atoms with Gasteiger partial charge in [-0.2, -0.15) is 0 Å². The Morgan fingerprint density at radius 3 is 2.29 bits per heavy atom. The Morgan fingerprint density at radius 2 is 1.76 bits per heavy atom. The third-order valence-electron chi connectivity index (χ3n) is 3.08. The molecule has 0 bridgehead atoms. The van der Waals surface area contributed by atoms with Gasteiger partial charge in [0.15, 0.2) is 0 Å². The van der Waals surface area contributed by atoms with Gasteiger partial charge in [0.2, 0.25) is 0 Å². The van der Waals surface area contributed by atoms with Crippen LogP contribution in [0.4, 0.5) is 0 Å². The number of hydrogen-bond acceptors (Lipinski definition) is 2. The Kier molecular flexibility index (Phi) is 5.16. The molecular formula is C15H25NO. The Labute approximate surface area is 105 Å². The van der Waals surface area contributed by atoms with Crippen molar-refractivity contribution in [3.63, 3.8) is 0 Å². The predicted octanol–water partition coefficient (Wildman–Crippen LogP) is 2.92. The Hall–Kier alpha value is -0.860. The third kappa shape index (κ3) is 5.33. The smallest absolute Gasteiger partial charge is 0.0600 e. The minimum Gasteiger partial charge on any atom is -0.393 e. The van der Waals surface area contributed by atoms with Crippen LogP contribution in [-0.2, 0) is 6.54 Å². The molecule has 0 saturated heterocycles. The molecule has 1 N–H and O–H groups in total. The highest BCUT2D eigenvalue weighted by molar-refractivity contribution is 5.14. The summed E-state index contributed by atoms with van der Waals surface area (Å²) in [5.74, 6) is 0. The number of nitrogens with zero attached hydrogens (tertiary/aromatic N) is 1. The molecule has 1 aromatic carbocycles. The van der Waals surface area contributed by atoms with Crippen LogP contribution in [0.25, 0.3) is 0 Å². The van der Waals surface area contributed by atoms with Crippen LogP contribution in [0, 0.1) is 5.41 Å². The maximum absolute atomic E-state index is 9.97. The van der Waals surface area contributed by atoms with E-state index in [9.17, 15) is 5.11 Å². The molecule has 1 rings (SSSR count). The van der Waals surface area contributed by atoms with Gasteiger partial charge >= 0.3 is 0 Å². The highest BCUT2D eigenvalue weighted by Crippen LogP contribution is 2.21. The highest BCUT2D eigenvalue weighted by Gasteiger charge is 2.21. The summed E-state index contributed by atoms with van der Waals surface area (Å²) in [5, 5.41) is 9.97. The number of rotatable bonds is 5. The van der Waals surface area contributed by atoms with E-state index in [2.05, 4.69) is 57.0 Å². The molecule has 0 aliphatic carbocycles. The van der Waals surface area contributed by atoms with Crippen LogP contribution in [0.5, 0.6) is 0 Å². The zero-order valence-electron chi connectivity index (χ0n) is 11.5. The molecule has 1 aromatic rings. The molecule has 1 atom stereocenters. The van der Waals surface area contributed by atoms with Gasteiger partial charge in [-0.05, 0) is 24.4 Å². The van der Waals surface area contributed by atoms with Gasteiger partial charge in [0.05, 0.1) is 6.10 Å². The molecule has 1 unspecified atom stereocenters. The van der Waals surface area contributed by atoms with E-state index < -0.39 is 0 Å². The number of benzene rings is 1. The first-order valence-electron chi connectivity index (χ1n) is 6.30. The van der Waals surface area contributed by atoms with Crippen LogP contribution in [0.1, 0.15) is 32.8 Å². The van der Waals surface area contributed by atoms with Crippen LogP contribution in [0.15, 0.2) is 30.3 Å². The number of aliphatic hydroxyl groups excluding tert-OH is 1. The highest BCUT2D eigenvalue weighted by atomic mass is 16.3. The summed E-state index contributed by atoms with van der Waals surface area (Å²) in [7, 11) is 2.10. The molecule has 0 amide bonds. The Balaban J connectivity index is 2.33. The lowest BCUT2D eigenvalue weighted by Crippen LogP contribution is -2.30. The van der Waals surface area contributed by atoms with E-state index in [0.717, 1.165) is 19.5 Å². The van der Waals surface area contributed by atoms with Gasteiger partial charge in [0.25, 0.3) is 0 Å². The molecular weight excluding hydrogens is 210 g/mol. The van der Waals surface area contributed by atoms with Crippen LogP contribution >= 0.6 is 0 Å². The van der Waals surface area contributed by atoms with Crippen LogP contribution in [-0.4, -0.2) is 29.7 Å². The van der Waals surface area contributed by atoms with Gasteiger partial charge in [-0.25, -0.2) is 0 Å². The first kappa shape index (κ1) is 14.2. The maximum atomic E-state index is 9.97. The van der Waals surface area contributed by atoms with E-state index in [1.807, 2.05) is 6.07 Å². The zero-order valence-corrected chi connectivity index (χ0v) is 11.5. The molecule has 0 fully saturated rings. The van der Waals surface area contributed by atoms with E-state index >= 15 is 0 Å². The molecule has 0 heterocycles. The van der Waals surface area contributed by atoms with E-state index in [4.69, 9.17) is 0 Å². The molecule has 96 valence electrons. The third-order valence-corrected chi connectivity index (χ3v) is 3.08. The average molecular weight is 235 g/mol.